The Labute approximate surface area is 87.9 Å². The van der Waals surface area contributed by atoms with Crippen LogP contribution >= 0.6 is 0 Å². The third-order valence-electron chi connectivity index (χ3n) is 1.06. The van der Waals surface area contributed by atoms with Gasteiger partial charge in [0.15, 0.2) is 0 Å². The zero-order valence-corrected chi connectivity index (χ0v) is 8.86. The van der Waals surface area contributed by atoms with E-state index in [2.05, 4.69) is 4.74 Å². The van der Waals surface area contributed by atoms with E-state index in [4.69, 9.17) is 10.2 Å². The smallest absolute Gasteiger partial charge is 0.303 e. The molecule has 0 aliphatic rings. The van der Waals surface area contributed by atoms with Crippen LogP contribution in [0.4, 0.5) is 0 Å². The summed E-state index contributed by atoms with van der Waals surface area (Å²) >= 11 is 0. The summed E-state index contributed by atoms with van der Waals surface area (Å²) in [4.78, 5) is 29.3. The third-order valence-corrected chi connectivity index (χ3v) is 1.06. The van der Waals surface area contributed by atoms with Gasteiger partial charge in [-0.1, -0.05) is 6.92 Å². The number of hydrogen-bond donors (Lipinski definition) is 2. The summed E-state index contributed by atoms with van der Waals surface area (Å²) in [6, 6.07) is 0. The lowest BCUT2D eigenvalue weighted by Crippen LogP contribution is -2.00. The zero-order valence-electron chi connectivity index (χ0n) is 8.86. The number of carbonyl (C=O) groups excluding carboxylic acids is 1. The molecular formula is C9H16O6. The molecule has 0 spiro atoms. The van der Waals surface area contributed by atoms with Crippen LogP contribution in [0.1, 0.15) is 33.1 Å². The maximum absolute atomic E-state index is 9.98. The molecule has 0 saturated heterocycles. The highest BCUT2D eigenvalue weighted by Gasteiger charge is 2.00. The first-order valence-corrected chi connectivity index (χ1v) is 4.47. The molecule has 6 heteroatoms. The summed E-state index contributed by atoms with van der Waals surface area (Å²) in [6.45, 7) is 3.92. The minimum Gasteiger partial charge on any atom is -0.481 e. The summed E-state index contributed by atoms with van der Waals surface area (Å²) < 4.78 is 4.55. The Kier molecular flexibility index (Phi) is 11.1. The lowest BCUT2D eigenvalue weighted by Gasteiger charge is -1.93. The molecule has 0 aromatic heterocycles. The molecule has 0 rings (SSSR count). The molecule has 0 radical (unpaired) electrons. The molecule has 0 aliphatic heterocycles. The number of carboxylic acid groups (broad SMARTS) is 2. The molecule has 0 bridgehead atoms. The van der Waals surface area contributed by atoms with Crippen molar-refractivity contribution in [2.24, 2.45) is 0 Å². The minimum absolute atomic E-state index is 0.193. The molecule has 0 saturated carbocycles. The molecule has 2 N–H and O–H groups in total. The summed E-state index contributed by atoms with van der Waals surface area (Å²) in [7, 11) is 0. The number of ether oxygens (including phenoxy) is 1. The van der Waals surface area contributed by atoms with Crippen molar-refractivity contribution in [3.8, 4) is 0 Å². The van der Waals surface area contributed by atoms with E-state index < -0.39 is 11.9 Å². The molecule has 0 aliphatic carbocycles. The Balaban J connectivity index is 0. The molecule has 0 amide bonds. The lowest BCUT2D eigenvalue weighted by molar-refractivity contribution is -0.143. The van der Waals surface area contributed by atoms with Gasteiger partial charge in [0, 0.05) is 6.92 Å². The summed E-state index contributed by atoms with van der Waals surface area (Å²) in [6.07, 6.45) is 0.310. The number of rotatable bonds is 5. The Morgan fingerprint density at radius 3 is 1.60 bits per heavy atom. The predicted molar refractivity (Wildman–Crippen MR) is 51.4 cm³/mol. The van der Waals surface area contributed by atoms with E-state index in [0.717, 1.165) is 6.42 Å². The van der Waals surface area contributed by atoms with Gasteiger partial charge >= 0.3 is 17.9 Å². The van der Waals surface area contributed by atoms with Crippen LogP contribution in [0.3, 0.4) is 0 Å². The largest absolute Gasteiger partial charge is 0.481 e. The Morgan fingerprint density at radius 2 is 1.47 bits per heavy atom. The molecule has 0 fully saturated rings. The van der Waals surface area contributed by atoms with Crippen LogP contribution in [0, 0.1) is 0 Å². The van der Waals surface area contributed by atoms with E-state index >= 15 is 0 Å². The maximum atomic E-state index is 9.98. The highest BCUT2D eigenvalue weighted by atomic mass is 16.5. The maximum Gasteiger partial charge on any atom is 0.303 e. The van der Waals surface area contributed by atoms with Crippen molar-refractivity contribution in [1.82, 2.24) is 0 Å². The van der Waals surface area contributed by atoms with Crippen LogP contribution in [0.5, 0.6) is 0 Å². The second-order valence-electron chi connectivity index (χ2n) is 2.63. The van der Waals surface area contributed by atoms with Crippen LogP contribution in [0.2, 0.25) is 0 Å². The minimum atomic E-state index is -1.08. The van der Waals surface area contributed by atoms with E-state index in [9.17, 15) is 14.4 Å². The Bertz CT molecular complexity index is 197. The molecule has 0 aromatic carbocycles. The number of esters is 1. The number of hydrogen-bond acceptors (Lipinski definition) is 4. The number of aliphatic carboxylic acids is 2. The van der Waals surface area contributed by atoms with Crippen molar-refractivity contribution in [2.75, 3.05) is 6.61 Å². The third kappa shape index (κ3) is 24.5. The molecule has 0 aromatic rings. The first-order chi connectivity index (χ1) is 6.90. The number of carboxylic acids is 2. The van der Waals surface area contributed by atoms with Gasteiger partial charge in [0.05, 0.1) is 19.4 Å². The Morgan fingerprint density at radius 1 is 1.07 bits per heavy atom. The second kappa shape index (κ2) is 10.5. The van der Waals surface area contributed by atoms with E-state index in [-0.39, 0.29) is 18.8 Å². The summed E-state index contributed by atoms with van der Waals surface area (Å²) in [5.74, 6) is -2.35. The van der Waals surface area contributed by atoms with Crippen molar-refractivity contribution in [2.45, 2.75) is 33.1 Å². The number of carbonyl (C=O) groups is 3. The average Bonchev–Trinajstić information content (AvgIpc) is 2.12. The lowest BCUT2D eigenvalue weighted by atomic mass is 10.3. The van der Waals surface area contributed by atoms with Crippen molar-refractivity contribution in [1.29, 1.82) is 0 Å². The van der Waals surface area contributed by atoms with Crippen molar-refractivity contribution in [3.05, 3.63) is 0 Å². The van der Waals surface area contributed by atoms with Gasteiger partial charge in [-0.3, -0.25) is 14.4 Å². The molecule has 0 heterocycles. The van der Waals surface area contributed by atoms with Crippen molar-refractivity contribution >= 4 is 17.9 Å². The molecular weight excluding hydrogens is 204 g/mol. The highest BCUT2D eigenvalue weighted by molar-refractivity contribution is 5.75. The van der Waals surface area contributed by atoms with Gasteiger partial charge in [0.25, 0.3) is 0 Å². The van der Waals surface area contributed by atoms with E-state index in [1.807, 2.05) is 6.92 Å². The standard InChI is InChI=1S/C5H10O2.C4H6O4/c1-3-4-7-5(2)6;5-3(6)1-2-4(7)8/h3-4H2,1-2H3;1-2H2,(H,5,6)(H,7,8). The van der Waals surface area contributed by atoms with Gasteiger partial charge in [-0.25, -0.2) is 0 Å². The van der Waals surface area contributed by atoms with Crippen LogP contribution in [-0.4, -0.2) is 34.7 Å². The van der Waals surface area contributed by atoms with Gasteiger partial charge in [0.1, 0.15) is 0 Å². The molecule has 0 unspecified atom stereocenters. The molecule has 88 valence electrons. The molecule has 15 heavy (non-hydrogen) atoms. The SMILES string of the molecule is CCCOC(C)=O.O=C(O)CCC(=O)O. The molecule has 0 atom stereocenters. The van der Waals surface area contributed by atoms with Gasteiger partial charge in [-0.2, -0.15) is 0 Å². The second-order valence-corrected chi connectivity index (χ2v) is 2.63. The van der Waals surface area contributed by atoms with Crippen molar-refractivity contribution in [3.63, 3.8) is 0 Å². The van der Waals surface area contributed by atoms with Crippen LogP contribution < -0.4 is 0 Å². The van der Waals surface area contributed by atoms with Crippen molar-refractivity contribution < 1.29 is 29.3 Å². The van der Waals surface area contributed by atoms with Gasteiger partial charge < -0.3 is 14.9 Å². The van der Waals surface area contributed by atoms with Crippen LogP contribution in [0.25, 0.3) is 0 Å². The predicted octanol–water partition coefficient (Wildman–Crippen LogP) is 0.895. The quantitative estimate of drug-likeness (QED) is 0.667. The van der Waals surface area contributed by atoms with E-state index in [1.54, 1.807) is 0 Å². The monoisotopic (exact) mass is 220 g/mol. The average molecular weight is 220 g/mol. The van der Waals surface area contributed by atoms with Gasteiger partial charge in [-0.15, -0.1) is 0 Å². The normalized spacial score (nSPS) is 8.40. The highest BCUT2D eigenvalue weighted by Crippen LogP contribution is 1.86. The first kappa shape index (κ1) is 15.9. The van der Waals surface area contributed by atoms with E-state index in [0.29, 0.717) is 6.61 Å². The fraction of sp³-hybridized carbons (Fsp3) is 0.667. The van der Waals surface area contributed by atoms with Crippen LogP contribution in [0.15, 0.2) is 0 Å². The molecule has 6 nitrogen and oxygen atoms in total. The van der Waals surface area contributed by atoms with Gasteiger partial charge in [-0.05, 0) is 6.42 Å². The van der Waals surface area contributed by atoms with E-state index in [1.165, 1.54) is 6.92 Å². The van der Waals surface area contributed by atoms with Gasteiger partial charge in [0.2, 0.25) is 0 Å². The zero-order chi connectivity index (χ0) is 12.3. The summed E-state index contributed by atoms with van der Waals surface area (Å²) in [5.41, 5.74) is 0. The fourth-order valence-corrected chi connectivity index (χ4v) is 0.460. The fourth-order valence-electron chi connectivity index (χ4n) is 0.460. The first-order valence-electron chi connectivity index (χ1n) is 4.47. The Hall–Kier alpha value is -1.59. The topological polar surface area (TPSA) is 101 Å². The van der Waals surface area contributed by atoms with Crippen LogP contribution in [-0.2, 0) is 19.1 Å². The summed E-state index contributed by atoms with van der Waals surface area (Å²) in [5, 5.41) is 15.8.